The van der Waals surface area contributed by atoms with Gasteiger partial charge in [-0.2, -0.15) is 0 Å². The number of anilines is 1. The Kier molecular flexibility index (Phi) is 4.06. The minimum atomic E-state index is 0.602. The molecule has 17 heavy (non-hydrogen) atoms. The van der Waals surface area contributed by atoms with Crippen LogP contribution in [0, 0.1) is 6.92 Å². The summed E-state index contributed by atoms with van der Waals surface area (Å²) in [6.45, 7) is 9.01. The van der Waals surface area contributed by atoms with Gasteiger partial charge in [0.1, 0.15) is 0 Å². The third-order valence-electron chi connectivity index (χ3n) is 3.52. The highest BCUT2D eigenvalue weighted by molar-refractivity contribution is 5.53. The predicted octanol–water partition coefficient (Wildman–Crippen LogP) is 2.96. The Bertz CT molecular complexity index is 352. The molecule has 2 rings (SSSR count). The topological polar surface area (TPSA) is 15.3 Å². The molecule has 1 aromatic rings. The van der Waals surface area contributed by atoms with Gasteiger partial charge in [-0.05, 0) is 31.4 Å². The molecule has 0 unspecified atom stereocenters. The van der Waals surface area contributed by atoms with Crippen LogP contribution in [0.15, 0.2) is 24.3 Å². The van der Waals surface area contributed by atoms with E-state index >= 15 is 0 Å². The summed E-state index contributed by atoms with van der Waals surface area (Å²) >= 11 is 0. The van der Waals surface area contributed by atoms with Crippen LogP contribution in [0.5, 0.6) is 0 Å². The van der Waals surface area contributed by atoms with Crippen molar-refractivity contribution in [1.82, 2.24) is 5.32 Å². The monoisotopic (exact) mass is 232 g/mol. The van der Waals surface area contributed by atoms with Gasteiger partial charge < -0.3 is 10.2 Å². The Labute approximate surface area is 105 Å². The molecule has 0 amide bonds. The first-order valence-electron chi connectivity index (χ1n) is 6.73. The molecular weight excluding hydrogens is 208 g/mol. The van der Waals surface area contributed by atoms with Crippen LogP contribution in [0.2, 0.25) is 0 Å². The number of rotatable bonds is 3. The number of nitrogens with one attached hydrogen (secondary N) is 1. The van der Waals surface area contributed by atoms with E-state index < -0.39 is 0 Å². The second-order valence-electron chi connectivity index (χ2n) is 5.37. The highest BCUT2D eigenvalue weighted by atomic mass is 15.1. The van der Waals surface area contributed by atoms with Crippen molar-refractivity contribution < 1.29 is 0 Å². The zero-order chi connectivity index (χ0) is 12.3. The maximum Gasteiger partial charge on any atom is 0.0395 e. The van der Waals surface area contributed by atoms with Crippen molar-refractivity contribution in [1.29, 1.82) is 0 Å². The Morgan fingerprint density at radius 3 is 2.41 bits per heavy atom. The average Bonchev–Trinajstić information content (AvgIpc) is 2.30. The van der Waals surface area contributed by atoms with Crippen molar-refractivity contribution in [2.45, 2.75) is 45.7 Å². The minimum absolute atomic E-state index is 0.602. The van der Waals surface area contributed by atoms with Gasteiger partial charge in [-0.3, -0.25) is 0 Å². The van der Waals surface area contributed by atoms with E-state index in [1.54, 1.807) is 0 Å². The molecule has 0 radical (unpaired) electrons. The summed E-state index contributed by atoms with van der Waals surface area (Å²) in [7, 11) is 0. The molecule has 0 aromatic heterocycles. The molecule has 1 saturated heterocycles. The first-order valence-corrected chi connectivity index (χ1v) is 6.73. The summed E-state index contributed by atoms with van der Waals surface area (Å²) in [6, 6.07) is 10.0. The molecule has 0 saturated carbocycles. The Hall–Kier alpha value is -1.02. The van der Waals surface area contributed by atoms with Crippen LogP contribution >= 0.6 is 0 Å². The molecule has 1 aromatic carbocycles. The van der Waals surface area contributed by atoms with E-state index in [0.717, 1.165) is 0 Å². The van der Waals surface area contributed by atoms with E-state index in [9.17, 15) is 0 Å². The maximum atomic E-state index is 3.64. The molecule has 1 fully saturated rings. The lowest BCUT2D eigenvalue weighted by Crippen LogP contribution is -2.44. The highest BCUT2D eigenvalue weighted by Crippen LogP contribution is 2.23. The largest absolute Gasteiger partial charge is 0.371 e. The van der Waals surface area contributed by atoms with E-state index in [1.807, 2.05) is 0 Å². The Balaban J connectivity index is 1.93. The fourth-order valence-corrected chi connectivity index (χ4v) is 2.68. The van der Waals surface area contributed by atoms with Crippen LogP contribution in [-0.4, -0.2) is 25.2 Å². The molecule has 1 N–H and O–H groups in total. The third-order valence-corrected chi connectivity index (χ3v) is 3.52. The Morgan fingerprint density at radius 1 is 1.18 bits per heavy atom. The highest BCUT2D eigenvalue weighted by Gasteiger charge is 2.20. The van der Waals surface area contributed by atoms with E-state index in [1.165, 1.54) is 37.2 Å². The van der Waals surface area contributed by atoms with Gasteiger partial charge in [-0.15, -0.1) is 0 Å². The summed E-state index contributed by atoms with van der Waals surface area (Å²) in [5, 5.41) is 3.64. The molecule has 2 nitrogen and oxygen atoms in total. The molecule has 1 aliphatic heterocycles. The fraction of sp³-hybridized carbons (Fsp3) is 0.600. The second-order valence-corrected chi connectivity index (χ2v) is 5.37. The molecular formula is C15H24N2. The van der Waals surface area contributed by atoms with Gasteiger partial charge in [0.25, 0.3) is 0 Å². The summed E-state index contributed by atoms with van der Waals surface area (Å²) in [5.41, 5.74) is 2.80. The van der Waals surface area contributed by atoms with Crippen molar-refractivity contribution in [2.75, 3.05) is 18.0 Å². The van der Waals surface area contributed by atoms with Crippen molar-refractivity contribution >= 4 is 5.69 Å². The van der Waals surface area contributed by atoms with Gasteiger partial charge in [0.15, 0.2) is 0 Å². The van der Waals surface area contributed by atoms with Gasteiger partial charge in [0, 0.05) is 30.9 Å². The van der Waals surface area contributed by atoms with Gasteiger partial charge in [0.05, 0.1) is 0 Å². The number of benzene rings is 1. The summed E-state index contributed by atoms with van der Waals surface area (Å²) in [4.78, 5) is 2.52. The van der Waals surface area contributed by atoms with E-state index in [2.05, 4.69) is 55.3 Å². The predicted molar refractivity (Wildman–Crippen MR) is 74.7 cm³/mol. The molecule has 2 heteroatoms. The number of para-hydroxylation sites is 1. The molecule has 94 valence electrons. The molecule has 1 aliphatic rings. The van der Waals surface area contributed by atoms with E-state index in [0.29, 0.717) is 12.1 Å². The van der Waals surface area contributed by atoms with Crippen molar-refractivity contribution in [3.05, 3.63) is 29.8 Å². The first kappa shape index (κ1) is 12.4. The number of piperidine rings is 1. The van der Waals surface area contributed by atoms with E-state index in [4.69, 9.17) is 0 Å². The van der Waals surface area contributed by atoms with Crippen LogP contribution in [0.4, 0.5) is 5.69 Å². The molecule has 0 bridgehead atoms. The molecule has 0 spiro atoms. The smallest absolute Gasteiger partial charge is 0.0395 e. The molecule has 0 aliphatic carbocycles. The fourth-order valence-electron chi connectivity index (χ4n) is 2.68. The van der Waals surface area contributed by atoms with Crippen LogP contribution < -0.4 is 10.2 Å². The van der Waals surface area contributed by atoms with Crippen LogP contribution in [-0.2, 0) is 0 Å². The van der Waals surface area contributed by atoms with Crippen molar-refractivity contribution in [3.63, 3.8) is 0 Å². The van der Waals surface area contributed by atoms with Crippen molar-refractivity contribution in [3.8, 4) is 0 Å². The molecule has 0 atom stereocenters. The second kappa shape index (κ2) is 5.54. The van der Waals surface area contributed by atoms with Gasteiger partial charge in [-0.1, -0.05) is 32.0 Å². The Morgan fingerprint density at radius 2 is 1.82 bits per heavy atom. The SMILES string of the molecule is Cc1ccccc1N1CCC(NC(C)C)CC1. The lowest BCUT2D eigenvalue weighted by molar-refractivity contribution is 0.387. The maximum absolute atomic E-state index is 3.64. The summed E-state index contributed by atoms with van der Waals surface area (Å²) < 4.78 is 0. The number of nitrogens with zero attached hydrogens (tertiary/aromatic N) is 1. The zero-order valence-corrected chi connectivity index (χ0v) is 11.2. The number of hydrogen-bond donors (Lipinski definition) is 1. The van der Waals surface area contributed by atoms with Gasteiger partial charge >= 0.3 is 0 Å². The average molecular weight is 232 g/mol. The molecule has 1 heterocycles. The number of aryl methyl sites for hydroxylation is 1. The lowest BCUT2D eigenvalue weighted by Gasteiger charge is -2.35. The van der Waals surface area contributed by atoms with E-state index in [-0.39, 0.29) is 0 Å². The van der Waals surface area contributed by atoms with Crippen LogP contribution in [0.3, 0.4) is 0 Å². The summed E-state index contributed by atoms with van der Waals surface area (Å²) in [6.07, 6.45) is 2.51. The first-order chi connectivity index (χ1) is 8.16. The van der Waals surface area contributed by atoms with Crippen LogP contribution in [0.1, 0.15) is 32.3 Å². The lowest BCUT2D eigenvalue weighted by atomic mass is 10.0. The summed E-state index contributed by atoms with van der Waals surface area (Å²) in [5.74, 6) is 0. The standard InChI is InChI=1S/C15H24N2/c1-12(2)16-14-8-10-17(11-9-14)15-7-5-4-6-13(15)3/h4-7,12,14,16H,8-11H2,1-3H3. The minimum Gasteiger partial charge on any atom is -0.371 e. The quantitative estimate of drug-likeness (QED) is 0.862. The third kappa shape index (κ3) is 3.22. The van der Waals surface area contributed by atoms with Crippen LogP contribution in [0.25, 0.3) is 0 Å². The normalized spacial score (nSPS) is 17.8. The van der Waals surface area contributed by atoms with Gasteiger partial charge in [-0.25, -0.2) is 0 Å². The van der Waals surface area contributed by atoms with Crippen molar-refractivity contribution in [2.24, 2.45) is 0 Å². The number of hydrogen-bond acceptors (Lipinski definition) is 2. The zero-order valence-electron chi connectivity index (χ0n) is 11.2. The van der Waals surface area contributed by atoms with Gasteiger partial charge in [0.2, 0.25) is 0 Å².